The molecule has 14 heteroatoms. The number of pyridine rings is 1. The minimum absolute atomic E-state index is 0.0912. The van der Waals surface area contributed by atoms with Crippen molar-refractivity contribution in [1.82, 2.24) is 15.2 Å². The Morgan fingerprint density at radius 3 is 2.43 bits per heavy atom. The van der Waals surface area contributed by atoms with Gasteiger partial charge in [0.1, 0.15) is 11.9 Å². The summed E-state index contributed by atoms with van der Waals surface area (Å²) in [4.78, 5) is 28.2. The summed E-state index contributed by atoms with van der Waals surface area (Å²) in [6, 6.07) is 4.98. The molecule has 196 valence electrons. The number of nitrogens with zero attached hydrogens (tertiary/aromatic N) is 3. The molecule has 2 heterocycles. The zero-order valence-corrected chi connectivity index (χ0v) is 19.3. The Hall–Kier alpha value is -4.23. The number of benzene rings is 1. The van der Waals surface area contributed by atoms with Gasteiger partial charge in [-0.05, 0) is 49.9 Å². The third-order valence-corrected chi connectivity index (χ3v) is 5.63. The maximum absolute atomic E-state index is 13.4. The van der Waals surface area contributed by atoms with Crippen LogP contribution in [0.4, 0.5) is 35.0 Å². The lowest BCUT2D eigenvalue weighted by molar-refractivity contribution is -0.147. The summed E-state index contributed by atoms with van der Waals surface area (Å²) in [6.07, 6.45) is -0.924. The fourth-order valence-electron chi connectivity index (χ4n) is 3.77. The van der Waals surface area contributed by atoms with Gasteiger partial charge in [0.25, 0.3) is 0 Å². The van der Waals surface area contributed by atoms with Gasteiger partial charge in [0.2, 0.25) is 5.88 Å². The molecule has 2 N–H and O–H groups in total. The highest BCUT2D eigenvalue weighted by Crippen LogP contribution is 2.33. The highest BCUT2D eigenvalue weighted by molar-refractivity contribution is 6.00. The van der Waals surface area contributed by atoms with Crippen LogP contribution in [0.25, 0.3) is 0 Å². The molecule has 1 saturated carbocycles. The number of amides is 1. The van der Waals surface area contributed by atoms with Crippen LogP contribution in [0.2, 0.25) is 0 Å². The van der Waals surface area contributed by atoms with Crippen molar-refractivity contribution >= 4 is 29.3 Å². The SMILES string of the molecule is COC(=O)[C@H]1CC[C@H](Oc2ccc(NC(=O)c3nnc(Nc4ccc(F)c(C(F)(F)F)c4)o3)cn2)CC1. The molecule has 1 aromatic carbocycles. The molecule has 0 spiro atoms. The van der Waals surface area contributed by atoms with Gasteiger partial charge in [-0.25, -0.2) is 9.37 Å². The Morgan fingerprint density at radius 1 is 1.05 bits per heavy atom. The van der Waals surface area contributed by atoms with E-state index < -0.39 is 29.4 Å². The number of carbonyl (C=O) groups excluding carboxylic acids is 2. The third-order valence-electron chi connectivity index (χ3n) is 5.63. The van der Waals surface area contributed by atoms with Crippen LogP contribution in [-0.4, -0.2) is 40.3 Å². The minimum Gasteiger partial charge on any atom is -0.474 e. The molecule has 0 atom stereocenters. The number of hydrogen-bond acceptors (Lipinski definition) is 9. The molecular weight excluding hydrogens is 502 g/mol. The zero-order valence-electron chi connectivity index (χ0n) is 19.3. The van der Waals surface area contributed by atoms with Crippen molar-refractivity contribution in [2.24, 2.45) is 5.92 Å². The predicted molar refractivity (Wildman–Crippen MR) is 120 cm³/mol. The first-order valence-electron chi connectivity index (χ1n) is 11.1. The van der Waals surface area contributed by atoms with Gasteiger partial charge in [-0.15, -0.1) is 5.10 Å². The molecule has 1 aliphatic carbocycles. The lowest BCUT2D eigenvalue weighted by Gasteiger charge is -2.27. The van der Waals surface area contributed by atoms with Crippen LogP contribution in [0.1, 0.15) is 41.9 Å². The van der Waals surface area contributed by atoms with E-state index in [1.54, 1.807) is 12.1 Å². The smallest absolute Gasteiger partial charge is 0.419 e. The lowest BCUT2D eigenvalue weighted by Crippen LogP contribution is -2.28. The molecule has 37 heavy (non-hydrogen) atoms. The number of methoxy groups -OCH3 is 1. The fraction of sp³-hybridized carbons (Fsp3) is 0.348. The van der Waals surface area contributed by atoms with Gasteiger partial charge in [0.05, 0.1) is 30.5 Å². The molecule has 0 radical (unpaired) electrons. The van der Waals surface area contributed by atoms with Crippen molar-refractivity contribution in [2.75, 3.05) is 17.7 Å². The number of ether oxygens (including phenoxy) is 2. The molecule has 4 rings (SSSR count). The van der Waals surface area contributed by atoms with Crippen LogP contribution in [0.3, 0.4) is 0 Å². The molecule has 3 aromatic rings. The lowest BCUT2D eigenvalue weighted by atomic mass is 9.87. The summed E-state index contributed by atoms with van der Waals surface area (Å²) in [5.41, 5.74) is -1.33. The van der Waals surface area contributed by atoms with E-state index in [4.69, 9.17) is 13.9 Å². The predicted octanol–water partition coefficient (Wildman–Crippen LogP) is 4.73. The van der Waals surface area contributed by atoms with Crippen LogP contribution in [-0.2, 0) is 15.7 Å². The zero-order chi connectivity index (χ0) is 26.6. The number of halogens is 4. The second kappa shape index (κ2) is 10.8. The van der Waals surface area contributed by atoms with Crippen molar-refractivity contribution in [2.45, 2.75) is 38.0 Å². The van der Waals surface area contributed by atoms with Crippen LogP contribution in [0.15, 0.2) is 40.9 Å². The highest BCUT2D eigenvalue weighted by Gasteiger charge is 2.34. The molecule has 0 aliphatic heterocycles. The van der Waals surface area contributed by atoms with E-state index in [0.717, 1.165) is 6.07 Å². The van der Waals surface area contributed by atoms with E-state index in [1.165, 1.54) is 13.3 Å². The maximum Gasteiger partial charge on any atom is 0.419 e. The summed E-state index contributed by atoms with van der Waals surface area (Å²) in [6.45, 7) is 0. The topological polar surface area (TPSA) is 128 Å². The molecular formula is C23H21F4N5O5. The van der Waals surface area contributed by atoms with E-state index in [9.17, 15) is 27.2 Å². The number of carbonyl (C=O) groups is 2. The quantitative estimate of drug-likeness (QED) is 0.334. The van der Waals surface area contributed by atoms with Gasteiger partial charge in [-0.2, -0.15) is 13.2 Å². The van der Waals surface area contributed by atoms with Crippen LogP contribution < -0.4 is 15.4 Å². The molecule has 1 fully saturated rings. The van der Waals surface area contributed by atoms with Gasteiger partial charge in [0.15, 0.2) is 0 Å². The first kappa shape index (κ1) is 25.9. The summed E-state index contributed by atoms with van der Waals surface area (Å²) in [7, 11) is 1.37. The Bertz CT molecular complexity index is 1260. The number of nitrogens with one attached hydrogen (secondary N) is 2. The number of anilines is 3. The summed E-state index contributed by atoms with van der Waals surface area (Å²) in [5.74, 6) is -2.67. The highest BCUT2D eigenvalue weighted by atomic mass is 19.4. The van der Waals surface area contributed by atoms with Gasteiger partial charge in [-0.1, -0.05) is 5.10 Å². The van der Waals surface area contributed by atoms with Gasteiger partial charge in [-0.3, -0.25) is 9.59 Å². The number of aromatic nitrogens is 3. The molecule has 0 saturated heterocycles. The average Bonchev–Trinajstić information content (AvgIpc) is 3.34. The molecule has 2 aromatic heterocycles. The first-order valence-corrected chi connectivity index (χ1v) is 11.1. The van der Waals surface area contributed by atoms with E-state index in [-0.39, 0.29) is 29.7 Å². The Balaban J connectivity index is 1.31. The minimum atomic E-state index is -4.89. The summed E-state index contributed by atoms with van der Waals surface area (Å²) in [5, 5.41) is 12.0. The van der Waals surface area contributed by atoms with E-state index in [2.05, 4.69) is 25.8 Å². The van der Waals surface area contributed by atoms with Crippen molar-refractivity contribution in [1.29, 1.82) is 0 Å². The van der Waals surface area contributed by atoms with Crippen LogP contribution in [0.5, 0.6) is 5.88 Å². The summed E-state index contributed by atoms with van der Waals surface area (Å²) < 4.78 is 67.8. The van der Waals surface area contributed by atoms with Crippen molar-refractivity contribution in [3.63, 3.8) is 0 Å². The Morgan fingerprint density at radius 2 is 1.78 bits per heavy atom. The second-order valence-corrected chi connectivity index (χ2v) is 8.18. The largest absolute Gasteiger partial charge is 0.474 e. The monoisotopic (exact) mass is 523 g/mol. The number of alkyl halides is 3. The van der Waals surface area contributed by atoms with Gasteiger partial charge >= 0.3 is 30.0 Å². The van der Waals surface area contributed by atoms with Gasteiger partial charge in [0, 0.05) is 11.8 Å². The normalized spacial score (nSPS) is 17.6. The Kier molecular flexibility index (Phi) is 7.55. The number of rotatable bonds is 7. The number of hydrogen-bond donors (Lipinski definition) is 2. The van der Waals surface area contributed by atoms with Gasteiger partial charge < -0.3 is 24.5 Å². The molecule has 10 nitrogen and oxygen atoms in total. The standard InChI is InChI=1S/C23H21F4N5O5/c1-35-21(34)12-2-6-15(7-3-12)36-18-9-5-14(11-28-18)29-19(33)20-31-32-22(37-20)30-13-4-8-17(24)16(10-13)23(25,26)27/h4-5,8-12,15H,2-3,6-7H2,1H3,(H,29,33)(H,30,32)/t12-,15-. The van der Waals surface area contributed by atoms with Crippen LogP contribution in [0, 0.1) is 11.7 Å². The average molecular weight is 523 g/mol. The molecule has 1 aliphatic rings. The second-order valence-electron chi connectivity index (χ2n) is 8.18. The van der Waals surface area contributed by atoms with Crippen molar-refractivity contribution in [3.05, 3.63) is 53.8 Å². The Labute approximate surface area is 207 Å². The fourth-order valence-corrected chi connectivity index (χ4v) is 3.77. The first-order chi connectivity index (χ1) is 17.6. The van der Waals surface area contributed by atoms with Crippen molar-refractivity contribution in [3.8, 4) is 5.88 Å². The van der Waals surface area contributed by atoms with Crippen molar-refractivity contribution < 1.29 is 41.0 Å². The van der Waals surface area contributed by atoms with E-state index in [1.807, 2.05) is 0 Å². The summed E-state index contributed by atoms with van der Waals surface area (Å²) >= 11 is 0. The molecule has 0 unspecified atom stereocenters. The maximum atomic E-state index is 13.4. The van der Waals surface area contributed by atoms with E-state index >= 15 is 0 Å². The van der Waals surface area contributed by atoms with Crippen LogP contribution >= 0.6 is 0 Å². The van der Waals surface area contributed by atoms with E-state index in [0.29, 0.717) is 49.4 Å². The molecule has 1 amide bonds. The molecule has 0 bridgehead atoms. The number of esters is 1. The third kappa shape index (κ3) is 6.51.